The quantitative estimate of drug-likeness (QED) is 0.331. The number of rotatable bonds is 0. The summed E-state index contributed by atoms with van der Waals surface area (Å²) in [5.41, 5.74) is 11.2. The number of aromatic amines is 1. The maximum Gasteiger partial charge on any atom is 0.177 e. The van der Waals surface area contributed by atoms with Crippen molar-refractivity contribution >= 4 is 28.2 Å². The number of aryl methyl sites for hydroxylation is 2. The fraction of sp³-hybridized carbons (Fsp3) is 0.308. The van der Waals surface area contributed by atoms with Crippen LogP contribution >= 0.6 is 12.2 Å². The molecule has 0 saturated carbocycles. The molecule has 0 atom stereocenters. The second-order valence-corrected chi connectivity index (χ2v) is 4.78. The van der Waals surface area contributed by atoms with Crippen LogP contribution in [0.2, 0.25) is 0 Å². The van der Waals surface area contributed by atoms with Gasteiger partial charge < -0.3 is 16.1 Å². The first-order valence-electron chi connectivity index (χ1n) is 6.07. The lowest BCUT2D eigenvalue weighted by molar-refractivity contribution is 0.680. The fourth-order valence-corrected chi connectivity index (χ4v) is 2.36. The van der Waals surface area contributed by atoms with E-state index in [9.17, 15) is 0 Å². The van der Waals surface area contributed by atoms with Gasteiger partial charge in [0.05, 0.1) is 0 Å². The molecule has 1 aromatic carbocycles. The van der Waals surface area contributed by atoms with Crippen molar-refractivity contribution in [2.45, 2.75) is 25.7 Å². The molecular weight excluding hydrogens is 244 g/mol. The average molecular weight is 262 g/mol. The fourth-order valence-electron chi connectivity index (χ4n) is 2.36. The van der Waals surface area contributed by atoms with Crippen molar-refractivity contribution in [2.24, 2.45) is 11.6 Å². The summed E-state index contributed by atoms with van der Waals surface area (Å²) < 4.78 is 0. The Labute approximate surface area is 112 Å². The Kier molecular flexibility index (Phi) is 4.17. The van der Waals surface area contributed by atoms with Crippen LogP contribution in [0.15, 0.2) is 24.3 Å². The van der Waals surface area contributed by atoms with E-state index in [1.807, 2.05) is 5.43 Å². The molecule has 0 radical (unpaired) electrons. The van der Waals surface area contributed by atoms with Crippen molar-refractivity contribution in [3.8, 4) is 0 Å². The molecule has 0 unspecified atom stereocenters. The Morgan fingerprint density at radius 2 is 1.89 bits per heavy atom. The average Bonchev–Trinajstić information content (AvgIpc) is 2.78. The lowest BCUT2D eigenvalue weighted by Crippen LogP contribution is -2.34. The first-order chi connectivity index (χ1) is 8.72. The SMILES string of the molecule is NNC(N)=S.c1ccc2c3c([nH]c2c1)CCCC3. The minimum absolute atomic E-state index is 0.116. The van der Waals surface area contributed by atoms with Gasteiger partial charge in [0.1, 0.15) is 0 Å². The van der Waals surface area contributed by atoms with Gasteiger partial charge in [0.25, 0.3) is 0 Å². The highest BCUT2D eigenvalue weighted by Gasteiger charge is 2.13. The van der Waals surface area contributed by atoms with Crippen LogP contribution in [-0.4, -0.2) is 10.1 Å². The summed E-state index contributed by atoms with van der Waals surface area (Å²) in [6, 6.07) is 8.64. The molecule has 3 rings (SSSR count). The molecule has 0 fully saturated rings. The molecule has 0 aliphatic heterocycles. The standard InChI is InChI=1S/C12H13N.CH5N3S/c1-3-7-11-9(5-1)10-6-2-4-8-12(10)13-11;2-1(5)4-3/h1,3,5,7,13H,2,4,6,8H2;3H2,(H3,2,4,5). The Bertz CT molecular complexity index is 547. The topological polar surface area (TPSA) is 79.9 Å². The van der Waals surface area contributed by atoms with Crippen LogP contribution in [-0.2, 0) is 12.8 Å². The summed E-state index contributed by atoms with van der Waals surface area (Å²) in [7, 11) is 0. The van der Waals surface area contributed by atoms with Gasteiger partial charge in [-0.3, -0.25) is 0 Å². The maximum atomic E-state index is 4.79. The molecule has 6 N–H and O–H groups in total. The third kappa shape index (κ3) is 2.80. The number of benzene rings is 1. The molecule has 5 heteroatoms. The molecule has 4 nitrogen and oxygen atoms in total. The molecule has 0 saturated heterocycles. The number of hydrogen-bond donors (Lipinski definition) is 4. The van der Waals surface area contributed by atoms with Gasteiger partial charge in [0.15, 0.2) is 5.11 Å². The monoisotopic (exact) mass is 262 g/mol. The number of nitrogens with two attached hydrogens (primary N) is 2. The summed E-state index contributed by atoms with van der Waals surface area (Å²) in [6.45, 7) is 0. The van der Waals surface area contributed by atoms with Crippen LogP contribution in [0.25, 0.3) is 10.9 Å². The van der Waals surface area contributed by atoms with Crippen molar-refractivity contribution < 1.29 is 0 Å². The number of hydrazine groups is 1. The number of para-hydroxylation sites is 1. The van der Waals surface area contributed by atoms with E-state index >= 15 is 0 Å². The Morgan fingerprint density at radius 1 is 1.22 bits per heavy atom. The highest BCUT2D eigenvalue weighted by atomic mass is 32.1. The number of thiocarbonyl (C=S) groups is 1. The van der Waals surface area contributed by atoms with Crippen molar-refractivity contribution in [1.82, 2.24) is 10.4 Å². The molecule has 96 valence electrons. The van der Waals surface area contributed by atoms with Crippen molar-refractivity contribution in [1.29, 1.82) is 0 Å². The number of hydrogen-bond acceptors (Lipinski definition) is 2. The molecule has 18 heavy (non-hydrogen) atoms. The summed E-state index contributed by atoms with van der Waals surface area (Å²) in [5, 5.41) is 1.56. The van der Waals surface area contributed by atoms with Crippen molar-refractivity contribution in [3.05, 3.63) is 35.5 Å². The number of fused-ring (bicyclic) bond motifs is 3. The predicted molar refractivity (Wildman–Crippen MR) is 79.0 cm³/mol. The van der Waals surface area contributed by atoms with Crippen molar-refractivity contribution in [3.63, 3.8) is 0 Å². The van der Waals surface area contributed by atoms with E-state index in [4.69, 9.17) is 5.73 Å². The highest BCUT2D eigenvalue weighted by Crippen LogP contribution is 2.28. The lowest BCUT2D eigenvalue weighted by atomic mass is 9.96. The second kappa shape index (κ2) is 5.84. The number of H-pyrrole nitrogens is 1. The molecule has 2 aromatic rings. The third-order valence-electron chi connectivity index (χ3n) is 3.15. The Balaban J connectivity index is 0.000000209. The minimum Gasteiger partial charge on any atom is -0.375 e. The number of nitrogens with one attached hydrogen (secondary N) is 2. The molecule has 0 amide bonds. The second-order valence-electron chi connectivity index (χ2n) is 4.34. The van der Waals surface area contributed by atoms with Gasteiger partial charge in [-0.25, -0.2) is 5.84 Å². The van der Waals surface area contributed by atoms with Gasteiger partial charge in [-0.1, -0.05) is 18.2 Å². The first-order valence-corrected chi connectivity index (χ1v) is 6.47. The lowest BCUT2D eigenvalue weighted by Gasteiger charge is -2.10. The van der Waals surface area contributed by atoms with Gasteiger partial charge in [0.2, 0.25) is 0 Å². The van der Waals surface area contributed by atoms with Crippen LogP contribution < -0.4 is 17.0 Å². The zero-order chi connectivity index (χ0) is 13.0. The molecular formula is C13H18N4S. The zero-order valence-corrected chi connectivity index (χ0v) is 11.0. The van der Waals surface area contributed by atoms with Gasteiger partial charge >= 0.3 is 0 Å². The molecule has 1 aliphatic carbocycles. The van der Waals surface area contributed by atoms with E-state index in [2.05, 4.69) is 47.3 Å². The van der Waals surface area contributed by atoms with Crippen LogP contribution in [0.4, 0.5) is 0 Å². The normalized spacial score (nSPS) is 13.4. The molecule has 0 spiro atoms. The zero-order valence-electron chi connectivity index (χ0n) is 10.2. The van der Waals surface area contributed by atoms with Gasteiger partial charge in [-0.2, -0.15) is 0 Å². The van der Waals surface area contributed by atoms with Gasteiger partial charge in [-0.15, -0.1) is 0 Å². The van der Waals surface area contributed by atoms with Crippen LogP contribution in [0, 0.1) is 0 Å². The van der Waals surface area contributed by atoms with Crippen molar-refractivity contribution in [2.75, 3.05) is 0 Å². The number of aromatic nitrogens is 1. The Morgan fingerprint density at radius 3 is 2.61 bits per heavy atom. The summed E-state index contributed by atoms with van der Waals surface area (Å²) in [5.74, 6) is 4.66. The molecule has 1 aliphatic rings. The largest absolute Gasteiger partial charge is 0.375 e. The summed E-state index contributed by atoms with van der Waals surface area (Å²) in [4.78, 5) is 3.52. The van der Waals surface area contributed by atoms with E-state index in [1.54, 1.807) is 5.56 Å². The highest BCUT2D eigenvalue weighted by molar-refractivity contribution is 7.80. The van der Waals surface area contributed by atoms with Gasteiger partial charge in [-0.05, 0) is 49.5 Å². The van der Waals surface area contributed by atoms with Crippen LogP contribution in [0.3, 0.4) is 0 Å². The van der Waals surface area contributed by atoms with E-state index in [0.717, 1.165) is 0 Å². The van der Waals surface area contributed by atoms with E-state index in [1.165, 1.54) is 42.3 Å². The molecule has 1 aromatic heterocycles. The Hall–Kier alpha value is -1.59. The van der Waals surface area contributed by atoms with Crippen LogP contribution in [0.1, 0.15) is 24.1 Å². The third-order valence-corrected chi connectivity index (χ3v) is 3.27. The summed E-state index contributed by atoms with van der Waals surface area (Å²) >= 11 is 4.24. The van der Waals surface area contributed by atoms with E-state index in [-0.39, 0.29) is 5.11 Å². The smallest absolute Gasteiger partial charge is 0.177 e. The maximum absolute atomic E-state index is 4.79. The first kappa shape index (κ1) is 12.9. The van der Waals surface area contributed by atoms with Crippen LogP contribution in [0.5, 0.6) is 0 Å². The minimum atomic E-state index is 0.116. The molecule has 1 heterocycles. The van der Waals surface area contributed by atoms with E-state index < -0.39 is 0 Å². The molecule has 0 bridgehead atoms. The summed E-state index contributed by atoms with van der Waals surface area (Å²) in [6.07, 6.45) is 5.21. The van der Waals surface area contributed by atoms with Gasteiger partial charge in [0, 0.05) is 16.6 Å². The van der Waals surface area contributed by atoms with E-state index in [0.29, 0.717) is 0 Å². The predicted octanol–water partition coefficient (Wildman–Crippen LogP) is 1.74.